The minimum absolute atomic E-state index is 0.0100. The summed E-state index contributed by atoms with van der Waals surface area (Å²) in [5.74, 6) is -0.0100. The second-order valence-electron chi connectivity index (χ2n) is 5.47. The van der Waals surface area contributed by atoms with Crippen LogP contribution < -0.4 is 16.2 Å². The predicted octanol–water partition coefficient (Wildman–Crippen LogP) is 0.908. The average Bonchev–Trinajstić information content (AvgIpc) is 2.52. The third kappa shape index (κ3) is 3.87. The Morgan fingerprint density at radius 3 is 2.91 bits per heavy atom. The first-order valence-corrected chi connectivity index (χ1v) is 7.52. The predicted molar refractivity (Wildman–Crippen MR) is 83.7 cm³/mol. The first-order valence-electron chi connectivity index (χ1n) is 7.52. The van der Waals surface area contributed by atoms with Gasteiger partial charge in [-0.1, -0.05) is 6.92 Å². The van der Waals surface area contributed by atoms with E-state index in [1.807, 2.05) is 0 Å². The van der Waals surface area contributed by atoms with Crippen molar-refractivity contribution in [3.63, 3.8) is 0 Å². The van der Waals surface area contributed by atoms with Gasteiger partial charge in [0, 0.05) is 38.8 Å². The molecule has 1 aliphatic heterocycles. The fourth-order valence-electron chi connectivity index (χ4n) is 2.50. The van der Waals surface area contributed by atoms with Crippen LogP contribution in [0.4, 0.5) is 10.5 Å². The first kappa shape index (κ1) is 16.1. The van der Waals surface area contributed by atoms with E-state index in [0.717, 1.165) is 12.8 Å². The Morgan fingerprint density at radius 2 is 2.18 bits per heavy atom. The molecular weight excluding hydrogens is 284 g/mol. The highest BCUT2D eigenvalue weighted by Crippen LogP contribution is 2.12. The number of aromatic nitrogens is 1. The van der Waals surface area contributed by atoms with E-state index in [9.17, 15) is 14.4 Å². The third-order valence-corrected chi connectivity index (χ3v) is 3.76. The Labute approximate surface area is 129 Å². The summed E-state index contributed by atoms with van der Waals surface area (Å²) in [4.78, 5) is 37.3. The van der Waals surface area contributed by atoms with E-state index in [1.165, 1.54) is 4.57 Å². The van der Waals surface area contributed by atoms with Crippen LogP contribution in [0.2, 0.25) is 0 Å². The standard InChI is InChI=1S/C15H22N4O3/c1-3-13(20)16-11-6-4-9-19(10-11)15(22)17-12-7-5-8-18(2)14(12)21/h5,7-8,11H,3-4,6,9-10H2,1-2H3,(H,16,20)(H,17,22)/t11-/m1/s1. The normalized spacial score (nSPS) is 17.9. The quantitative estimate of drug-likeness (QED) is 0.870. The fourth-order valence-corrected chi connectivity index (χ4v) is 2.50. The number of nitrogens with one attached hydrogen (secondary N) is 2. The summed E-state index contributed by atoms with van der Waals surface area (Å²) >= 11 is 0. The lowest BCUT2D eigenvalue weighted by atomic mass is 10.1. The zero-order valence-electron chi connectivity index (χ0n) is 13.0. The third-order valence-electron chi connectivity index (χ3n) is 3.76. The lowest BCUT2D eigenvalue weighted by molar-refractivity contribution is -0.121. The van der Waals surface area contributed by atoms with Gasteiger partial charge in [0.05, 0.1) is 0 Å². The number of amides is 3. The Balaban J connectivity index is 1.98. The van der Waals surface area contributed by atoms with Gasteiger partial charge in [0.25, 0.3) is 5.56 Å². The molecule has 1 saturated heterocycles. The highest BCUT2D eigenvalue weighted by molar-refractivity contribution is 5.89. The van der Waals surface area contributed by atoms with Gasteiger partial charge in [-0.3, -0.25) is 9.59 Å². The van der Waals surface area contributed by atoms with Crippen molar-refractivity contribution in [1.29, 1.82) is 0 Å². The molecule has 1 aromatic rings. The molecule has 0 aromatic carbocycles. The maximum absolute atomic E-state index is 12.3. The van der Waals surface area contributed by atoms with Gasteiger partial charge in [-0.2, -0.15) is 0 Å². The Kier molecular flexibility index (Phi) is 5.19. The van der Waals surface area contributed by atoms with Gasteiger partial charge in [-0.25, -0.2) is 4.79 Å². The summed E-state index contributed by atoms with van der Waals surface area (Å²) in [6, 6.07) is 2.96. The SMILES string of the molecule is CCC(=O)N[C@@H]1CCCN(C(=O)Nc2cccn(C)c2=O)C1. The molecular formula is C15H22N4O3. The molecule has 0 radical (unpaired) electrons. The van der Waals surface area contributed by atoms with Crippen molar-refractivity contribution in [2.75, 3.05) is 18.4 Å². The second-order valence-corrected chi connectivity index (χ2v) is 5.47. The number of urea groups is 1. The number of likely N-dealkylation sites (tertiary alicyclic amines) is 1. The van der Waals surface area contributed by atoms with Crippen molar-refractivity contribution in [2.24, 2.45) is 7.05 Å². The molecule has 2 rings (SSSR count). The van der Waals surface area contributed by atoms with Crippen LogP contribution in [0.3, 0.4) is 0 Å². The number of carbonyl (C=O) groups excluding carboxylic acids is 2. The number of pyridine rings is 1. The van der Waals surface area contributed by atoms with E-state index in [2.05, 4.69) is 10.6 Å². The Hall–Kier alpha value is -2.31. The van der Waals surface area contributed by atoms with Crippen LogP contribution in [-0.2, 0) is 11.8 Å². The van der Waals surface area contributed by atoms with E-state index in [4.69, 9.17) is 0 Å². The van der Waals surface area contributed by atoms with Gasteiger partial charge < -0.3 is 20.1 Å². The number of anilines is 1. The summed E-state index contributed by atoms with van der Waals surface area (Å²) in [5, 5.41) is 5.56. The van der Waals surface area contributed by atoms with Crippen LogP contribution >= 0.6 is 0 Å². The molecule has 0 saturated carbocycles. The highest BCUT2D eigenvalue weighted by atomic mass is 16.2. The zero-order chi connectivity index (χ0) is 16.1. The summed E-state index contributed by atoms with van der Waals surface area (Å²) in [5.41, 5.74) is 0.0124. The highest BCUT2D eigenvalue weighted by Gasteiger charge is 2.24. The number of piperidine rings is 1. The minimum atomic E-state index is -0.307. The van der Waals surface area contributed by atoms with Crippen LogP contribution in [-0.4, -0.2) is 40.5 Å². The Bertz CT molecular complexity index is 611. The number of hydrogen-bond acceptors (Lipinski definition) is 3. The van der Waals surface area contributed by atoms with Crippen molar-refractivity contribution < 1.29 is 9.59 Å². The van der Waals surface area contributed by atoms with Gasteiger partial charge in [0.2, 0.25) is 5.91 Å². The monoisotopic (exact) mass is 306 g/mol. The minimum Gasteiger partial charge on any atom is -0.352 e. The average molecular weight is 306 g/mol. The Morgan fingerprint density at radius 1 is 1.41 bits per heavy atom. The molecule has 7 heteroatoms. The van der Waals surface area contributed by atoms with E-state index < -0.39 is 0 Å². The largest absolute Gasteiger partial charge is 0.352 e. The number of nitrogens with zero attached hydrogens (tertiary/aromatic N) is 2. The second kappa shape index (κ2) is 7.11. The molecule has 1 atom stereocenters. The molecule has 120 valence electrons. The molecule has 0 bridgehead atoms. The van der Waals surface area contributed by atoms with Gasteiger partial charge >= 0.3 is 6.03 Å². The van der Waals surface area contributed by atoms with Gasteiger partial charge in [-0.05, 0) is 25.0 Å². The number of carbonyl (C=O) groups is 2. The number of rotatable bonds is 3. The van der Waals surface area contributed by atoms with Crippen molar-refractivity contribution >= 4 is 17.6 Å². The number of hydrogen-bond donors (Lipinski definition) is 2. The van der Waals surface area contributed by atoms with E-state index in [1.54, 1.807) is 37.2 Å². The molecule has 1 fully saturated rings. The summed E-state index contributed by atoms with van der Waals surface area (Å²) in [6.45, 7) is 2.88. The number of aryl methyl sites for hydroxylation is 1. The molecule has 0 spiro atoms. The first-order chi connectivity index (χ1) is 10.5. The fraction of sp³-hybridized carbons (Fsp3) is 0.533. The van der Waals surface area contributed by atoms with Crippen LogP contribution in [0, 0.1) is 0 Å². The smallest absolute Gasteiger partial charge is 0.322 e. The van der Waals surface area contributed by atoms with Crippen LogP contribution in [0.1, 0.15) is 26.2 Å². The molecule has 7 nitrogen and oxygen atoms in total. The van der Waals surface area contributed by atoms with Crippen molar-refractivity contribution in [3.8, 4) is 0 Å². The summed E-state index contributed by atoms with van der Waals surface area (Å²) < 4.78 is 1.41. The topological polar surface area (TPSA) is 83.4 Å². The lowest BCUT2D eigenvalue weighted by Crippen LogP contribution is -2.50. The summed E-state index contributed by atoms with van der Waals surface area (Å²) in [6.07, 6.45) is 3.76. The lowest BCUT2D eigenvalue weighted by Gasteiger charge is -2.33. The van der Waals surface area contributed by atoms with Crippen molar-refractivity contribution in [2.45, 2.75) is 32.2 Å². The molecule has 1 aromatic heterocycles. The van der Waals surface area contributed by atoms with Gasteiger partial charge in [-0.15, -0.1) is 0 Å². The maximum atomic E-state index is 12.3. The molecule has 0 unspecified atom stereocenters. The summed E-state index contributed by atoms with van der Waals surface area (Å²) in [7, 11) is 1.63. The van der Waals surface area contributed by atoms with Crippen molar-refractivity contribution in [1.82, 2.24) is 14.8 Å². The van der Waals surface area contributed by atoms with Crippen LogP contribution in [0.25, 0.3) is 0 Å². The zero-order valence-corrected chi connectivity index (χ0v) is 13.0. The van der Waals surface area contributed by atoms with E-state index >= 15 is 0 Å². The van der Waals surface area contributed by atoms with Crippen LogP contribution in [0.15, 0.2) is 23.1 Å². The van der Waals surface area contributed by atoms with Crippen LogP contribution in [0.5, 0.6) is 0 Å². The van der Waals surface area contributed by atoms with E-state index in [-0.39, 0.29) is 29.2 Å². The van der Waals surface area contributed by atoms with Crippen molar-refractivity contribution in [3.05, 3.63) is 28.7 Å². The molecule has 22 heavy (non-hydrogen) atoms. The molecule has 2 N–H and O–H groups in total. The molecule has 0 aliphatic carbocycles. The maximum Gasteiger partial charge on any atom is 0.322 e. The van der Waals surface area contributed by atoms with Gasteiger partial charge in [0.1, 0.15) is 5.69 Å². The van der Waals surface area contributed by atoms with E-state index in [0.29, 0.717) is 19.5 Å². The van der Waals surface area contributed by atoms with Gasteiger partial charge in [0.15, 0.2) is 0 Å². The molecule has 1 aliphatic rings. The molecule has 3 amide bonds. The molecule has 2 heterocycles.